The van der Waals surface area contributed by atoms with Gasteiger partial charge in [-0.2, -0.15) is 10.5 Å². The number of aliphatic hydroxyl groups is 2. The molecule has 7 aliphatic rings. The number of hydrogen-bond acceptors (Lipinski definition) is 15. The number of nitriles is 2. The van der Waals surface area contributed by atoms with Crippen LogP contribution in [0.2, 0.25) is 0 Å². The Balaban J connectivity index is 0.000000151. The lowest BCUT2D eigenvalue weighted by molar-refractivity contribution is -0.138. The fourth-order valence-corrected chi connectivity index (χ4v) is 20.1. The molecule has 18 nitrogen and oxygen atoms in total. The molecular formula is C113H140BN11O7. The standard InChI is InChI=1S/C34H40N4O.C22H24N2O2.C20H24N2O2.C20H26N2O.C13H19N.C4H7BO/c1-25-20-26(2)31(33(39)37-18-19-38(34(3,4)24-37)30-11-6-5-7-12-30)22-29(25)21-27-14-16-36(17-15-27)32-13-9-8-10-28(32)23-35;1-15-11-16(2)20(22(25)26)13-19(15)12-17-7-9-24(10-8-17)21-6-4-3-5-18(21)14-23;1-20(2)19(24)21(14-16-8-10-17(15-23)11-9-16)12-13-22(20)18-6-4-3-5-7-18;1-20(2)16-21(14-17-8-10-18(15-23)11-9-17)12-13-22(20)19-6-4-3-5-7-19;1-13(2)10-6-7-11-14(13)12-8-4-3-5-9-12;5-4-2-1-3-6-4/h5-13,20,22,27H,14-19,21,24H2,1-4H3;3-6,11,13,17H,7-10,12H2,1-2H3,(H,25,26);3-11,23H,12-15H2,1-2H3;3-11,23H,12-16H2,1-2H3;3-5,8-9H,6-7,10-11H2,1-2H3;4H,1-3H2. The number of carboxylic acid groups (broad SMARTS) is 1. The van der Waals surface area contributed by atoms with Crippen molar-refractivity contribution in [3.8, 4) is 12.1 Å². The molecule has 132 heavy (non-hydrogen) atoms. The van der Waals surface area contributed by atoms with E-state index >= 15 is 0 Å². The topological polar surface area (TPSA) is 198 Å². The quantitative estimate of drug-likeness (QED) is 0.0685. The summed E-state index contributed by atoms with van der Waals surface area (Å²) in [5, 5.41) is 46.4. The highest BCUT2D eigenvalue weighted by molar-refractivity contribution is 6.11. The maximum Gasteiger partial charge on any atom is 0.335 e. The van der Waals surface area contributed by atoms with Crippen LogP contribution in [0.4, 0.5) is 34.1 Å². The zero-order chi connectivity index (χ0) is 94.1. The second kappa shape index (κ2) is 46.6. The number of anilines is 6. The van der Waals surface area contributed by atoms with Crippen molar-refractivity contribution in [3.63, 3.8) is 0 Å². The molecule has 0 spiro atoms. The second-order valence-electron chi connectivity index (χ2n) is 39.1. The zero-order valence-electron chi connectivity index (χ0n) is 80.3. The number of benzene rings is 10. The van der Waals surface area contributed by atoms with Crippen LogP contribution in [0, 0.1) is 62.2 Å². The molecule has 17 rings (SSSR count). The van der Waals surface area contributed by atoms with Gasteiger partial charge in [-0.15, -0.1) is 0 Å². The van der Waals surface area contributed by atoms with Crippen molar-refractivity contribution in [1.29, 1.82) is 10.5 Å². The van der Waals surface area contributed by atoms with Gasteiger partial charge in [0.1, 0.15) is 25.5 Å². The van der Waals surface area contributed by atoms with Crippen molar-refractivity contribution >= 4 is 59.8 Å². The fraction of sp³-hybridized carbons (Fsp3) is 0.425. The summed E-state index contributed by atoms with van der Waals surface area (Å²) in [6.07, 6.45) is 12.4. The molecule has 0 aliphatic carbocycles. The Morgan fingerprint density at radius 2 is 0.826 bits per heavy atom. The lowest BCUT2D eigenvalue weighted by atomic mass is 9.86. The molecule has 1 atom stereocenters. The van der Waals surface area contributed by atoms with Crippen LogP contribution in [0.5, 0.6) is 0 Å². The van der Waals surface area contributed by atoms with Gasteiger partial charge in [-0.1, -0.05) is 158 Å². The molecular weight excluding hydrogens is 1630 g/mol. The number of carboxylic acids is 1. The number of ether oxygens (including phenoxy) is 1. The first kappa shape index (κ1) is 99.3. The van der Waals surface area contributed by atoms with E-state index in [1.807, 2.05) is 146 Å². The fourth-order valence-electron chi connectivity index (χ4n) is 20.1. The third kappa shape index (κ3) is 26.4. The van der Waals surface area contributed by atoms with Crippen molar-refractivity contribution in [3.05, 3.63) is 321 Å². The van der Waals surface area contributed by atoms with Crippen molar-refractivity contribution < 1.29 is 34.4 Å². The smallest absolute Gasteiger partial charge is 0.335 e. The number of piperazine rings is 3. The number of amides is 2. The Bertz CT molecular complexity index is 5450. The molecule has 7 fully saturated rings. The molecule has 0 saturated carbocycles. The van der Waals surface area contributed by atoms with Crippen LogP contribution in [0.25, 0.3) is 0 Å². The molecule has 10 aromatic carbocycles. The SMILES string of the molecule is CC1(C)C(=O)N(Cc2ccc(CO)cc2)CCN1c1ccccc1.CC1(C)CCCCN1c1ccccc1.CC1(C)CN(Cc2ccc(CO)cc2)CCN1c1ccccc1.Cc1cc(C)c(C(=O)N2CCN(c3ccccc3)C(C)(C)C2)cc1CC1CCN(c2ccccc2C#N)CC1.Cc1cc(C)c(C(=O)O)cc1CC1CCN(c2ccccc2C#N)CC1.[B]C1CCCO1. The minimum absolute atomic E-state index is 0.0436. The summed E-state index contributed by atoms with van der Waals surface area (Å²) >= 11 is 0. The van der Waals surface area contributed by atoms with Gasteiger partial charge in [-0.25, -0.2) is 4.79 Å². The highest BCUT2D eigenvalue weighted by Gasteiger charge is 2.43. The minimum atomic E-state index is -0.855. The summed E-state index contributed by atoms with van der Waals surface area (Å²) in [5.74, 6) is 0.560. The Hall–Kier alpha value is -11.7. The molecule has 7 aliphatic heterocycles. The molecule has 7 saturated heterocycles. The van der Waals surface area contributed by atoms with Crippen molar-refractivity contribution in [2.75, 3.05) is 121 Å². The number of piperidine rings is 3. The van der Waals surface area contributed by atoms with Gasteiger partial charge in [0.25, 0.3) is 5.91 Å². The number of carbonyl (C=O) groups is 3. The molecule has 10 aromatic rings. The molecule has 2 radical (unpaired) electrons. The normalized spacial score (nSPS) is 18.2. The highest BCUT2D eigenvalue weighted by atomic mass is 16.5. The molecule has 0 aromatic heterocycles. The monoisotopic (exact) mass is 1770 g/mol. The number of aromatic carboxylic acids is 1. The lowest BCUT2D eigenvalue weighted by Gasteiger charge is -2.48. The summed E-state index contributed by atoms with van der Waals surface area (Å²) in [6, 6.07) is 86.7. The Morgan fingerprint density at radius 1 is 0.424 bits per heavy atom. The summed E-state index contributed by atoms with van der Waals surface area (Å²) in [7, 11) is 5.31. The number of carbonyl (C=O) groups excluding carboxylic acids is 2. The first-order valence-electron chi connectivity index (χ1n) is 47.7. The third-order valence-corrected chi connectivity index (χ3v) is 27.6. The molecule has 1 unspecified atom stereocenters. The number of aliphatic hydroxyl groups excluding tert-OH is 2. The van der Waals surface area contributed by atoms with E-state index in [0.717, 1.165) is 197 Å². The van der Waals surface area contributed by atoms with E-state index in [9.17, 15) is 30.0 Å². The Kier molecular flexibility index (Phi) is 35.1. The van der Waals surface area contributed by atoms with Crippen molar-refractivity contribution in [2.24, 2.45) is 11.8 Å². The first-order chi connectivity index (χ1) is 63.4. The third-order valence-electron chi connectivity index (χ3n) is 27.6. The van der Waals surface area contributed by atoms with Crippen LogP contribution >= 0.6 is 0 Å². The maximum atomic E-state index is 13.8. The largest absolute Gasteiger partial charge is 0.478 e. The van der Waals surface area contributed by atoms with E-state index in [2.05, 4.69) is 236 Å². The van der Waals surface area contributed by atoms with Gasteiger partial charge in [-0.05, 0) is 306 Å². The van der Waals surface area contributed by atoms with Gasteiger partial charge in [0, 0.05) is 150 Å². The molecule has 692 valence electrons. The molecule has 3 N–H and O–H groups in total. The van der Waals surface area contributed by atoms with Gasteiger partial charge in [0.2, 0.25) is 5.91 Å². The lowest BCUT2D eigenvalue weighted by Crippen LogP contribution is -2.63. The van der Waals surface area contributed by atoms with E-state index in [4.69, 9.17) is 22.8 Å². The summed E-state index contributed by atoms with van der Waals surface area (Å²) in [6.45, 7) is 40.5. The van der Waals surface area contributed by atoms with Crippen molar-refractivity contribution in [1.82, 2.24) is 14.7 Å². The van der Waals surface area contributed by atoms with Crippen LogP contribution in [0.1, 0.15) is 201 Å². The minimum Gasteiger partial charge on any atom is -0.478 e. The van der Waals surface area contributed by atoms with Gasteiger partial charge in [0.15, 0.2) is 0 Å². The molecule has 7 heterocycles. The first-order valence-corrected chi connectivity index (χ1v) is 47.7. The maximum absolute atomic E-state index is 13.8. The van der Waals surface area contributed by atoms with E-state index in [1.165, 1.54) is 65.1 Å². The van der Waals surface area contributed by atoms with Gasteiger partial charge < -0.3 is 59.3 Å². The average Bonchev–Trinajstić information content (AvgIpc) is 0.777. The second-order valence-corrected chi connectivity index (χ2v) is 39.1. The van der Waals surface area contributed by atoms with E-state index in [-0.39, 0.29) is 42.1 Å². The summed E-state index contributed by atoms with van der Waals surface area (Å²) < 4.78 is 4.93. The molecule has 19 heteroatoms. The Morgan fingerprint density at radius 3 is 1.23 bits per heavy atom. The van der Waals surface area contributed by atoms with Crippen LogP contribution < -0.4 is 29.4 Å². The summed E-state index contributed by atoms with van der Waals surface area (Å²) in [5.41, 5.74) is 20.6. The number of rotatable bonds is 18. The predicted molar refractivity (Wildman–Crippen MR) is 540 cm³/mol. The Labute approximate surface area is 788 Å². The zero-order valence-corrected chi connectivity index (χ0v) is 80.3. The number of para-hydroxylation sites is 6. The molecule has 0 bridgehead atoms. The van der Waals surface area contributed by atoms with Crippen LogP contribution in [0.3, 0.4) is 0 Å². The van der Waals surface area contributed by atoms with Gasteiger partial charge >= 0.3 is 5.97 Å². The molecule has 2 amide bonds. The summed E-state index contributed by atoms with van der Waals surface area (Å²) in [4.78, 5) is 59.0. The van der Waals surface area contributed by atoms with Crippen LogP contribution in [-0.2, 0) is 48.7 Å². The van der Waals surface area contributed by atoms with Crippen molar-refractivity contribution in [2.45, 2.75) is 208 Å². The van der Waals surface area contributed by atoms with Gasteiger partial charge in [-0.3, -0.25) is 14.5 Å². The van der Waals surface area contributed by atoms with E-state index in [0.29, 0.717) is 42.6 Å². The number of hydrogen-bond donors (Lipinski definition) is 3. The predicted octanol–water partition coefficient (Wildman–Crippen LogP) is 20.5. The van der Waals surface area contributed by atoms with Gasteiger partial charge in [0.05, 0.1) is 46.8 Å². The highest BCUT2D eigenvalue weighted by Crippen LogP contribution is 2.38. The van der Waals surface area contributed by atoms with Crippen LogP contribution in [-0.4, -0.2) is 175 Å². The number of nitrogens with zero attached hydrogens (tertiary/aromatic N) is 11. The van der Waals surface area contributed by atoms with E-state index < -0.39 is 11.5 Å². The van der Waals surface area contributed by atoms with Crippen LogP contribution in [0.15, 0.2) is 243 Å². The van der Waals surface area contributed by atoms with E-state index in [1.54, 1.807) is 0 Å². The number of aryl methyl sites for hydroxylation is 4. The average molecular weight is 1780 g/mol.